The van der Waals surface area contributed by atoms with Gasteiger partial charge in [0, 0.05) is 5.41 Å². The van der Waals surface area contributed by atoms with E-state index in [1.807, 2.05) is 0 Å². The summed E-state index contributed by atoms with van der Waals surface area (Å²) in [6, 6.07) is 0. The number of rotatable bonds is 16. The van der Waals surface area contributed by atoms with Gasteiger partial charge in [0.15, 0.2) is 0 Å². The monoisotopic (exact) mass is 311 g/mol. The third-order valence-corrected chi connectivity index (χ3v) is 5.22. The first kappa shape index (κ1) is 21.5. The highest BCUT2D eigenvalue weighted by molar-refractivity contribution is 5.80. The van der Waals surface area contributed by atoms with Crippen LogP contribution in [0.25, 0.3) is 0 Å². The summed E-state index contributed by atoms with van der Waals surface area (Å²) in [7, 11) is 0. The molecule has 0 aromatic carbocycles. The van der Waals surface area contributed by atoms with Crippen molar-refractivity contribution in [1.29, 1.82) is 0 Å². The van der Waals surface area contributed by atoms with Gasteiger partial charge >= 0.3 is 0 Å². The fourth-order valence-corrected chi connectivity index (χ4v) is 3.39. The van der Waals surface area contributed by atoms with E-state index in [1.165, 1.54) is 70.6 Å². The summed E-state index contributed by atoms with van der Waals surface area (Å²) in [6.45, 7) is 6.62. The Kier molecular flexibility index (Phi) is 13.7. The van der Waals surface area contributed by atoms with E-state index >= 15 is 0 Å². The highest BCUT2D eigenvalue weighted by atomic mass is 16.1. The van der Waals surface area contributed by atoms with E-state index in [9.17, 15) is 4.79 Å². The largest absolute Gasteiger partial charge is 0.369 e. The first-order valence-electron chi connectivity index (χ1n) is 9.92. The van der Waals surface area contributed by atoms with Gasteiger partial charge in [0.05, 0.1) is 0 Å². The zero-order valence-electron chi connectivity index (χ0n) is 15.6. The van der Waals surface area contributed by atoms with E-state index in [-0.39, 0.29) is 11.3 Å². The van der Waals surface area contributed by atoms with Crippen LogP contribution in [0.5, 0.6) is 0 Å². The molecule has 0 aliphatic heterocycles. The van der Waals surface area contributed by atoms with Crippen molar-refractivity contribution < 1.29 is 4.79 Å². The Labute approximate surface area is 139 Å². The molecule has 2 N–H and O–H groups in total. The fraction of sp³-hybridized carbons (Fsp3) is 0.950. The predicted molar refractivity (Wildman–Crippen MR) is 97.9 cm³/mol. The fourth-order valence-electron chi connectivity index (χ4n) is 3.39. The number of carbonyl (C=O) groups excluding carboxylic acids is 1. The van der Waals surface area contributed by atoms with Gasteiger partial charge in [-0.1, -0.05) is 97.8 Å². The lowest BCUT2D eigenvalue weighted by molar-refractivity contribution is -0.129. The second kappa shape index (κ2) is 14.1. The average molecular weight is 312 g/mol. The summed E-state index contributed by atoms with van der Waals surface area (Å²) in [5, 5.41) is 0. The van der Waals surface area contributed by atoms with E-state index in [0.29, 0.717) is 0 Å². The maximum atomic E-state index is 12.0. The number of amides is 1. The molecule has 1 unspecified atom stereocenters. The van der Waals surface area contributed by atoms with Gasteiger partial charge in [0.1, 0.15) is 0 Å². The van der Waals surface area contributed by atoms with E-state index in [1.54, 1.807) is 0 Å². The van der Waals surface area contributed by atoms with Crippen molar-refractivity contribution >= 4 is 5.91 Å². The van der Waals surface area contributed by atoms with Gasteiger partial charge in [-0.05, 0) is 19.3 Å². The van der Waals surface area contributed by atoms with Crippen molar-refractivity contribution in [2.75, 3.05) is 0 Å². The molecule has 2 nitrogen and oxygen atoms in total. The molecule has 0 spiro atoms. The van der Waals surface area contributed by atoms with Crippen LogP contribution in [0.3, 0.4) is 0 Å². The summed E-state index contributed by atoms with van der Waals surface area (Å²) >= 11 is 0. The molecule has 0 fully saturated rings. The van der Waals surface area contributed by atoms with Crippen molar-refractivity contribution in [3.8, 4) is 0 Å². The van der Waals surface area contributed by atoms with Crippen molar-refractivity contribution in [2.24, 2.45) is 11.1 Å². The highest BCUT2D eigenvalue weighted by Gasteiger charge is 2.33. The molecule has 1 amide bonds. The van der Waals surface area contributed by atoms with E-state index in [2.05, 4.69) is 20.8 Å². The predicted octanol–water partition coefficient (Wildman–Crippen LogP) is 6.37. The normalized spacial score (nSPS) is 14.0. The van der Waals surface area contributed by atoms with Crippen LogP contribution in [-0.2, 0) is 4.79 Å². The van der Waals surface area contributed by atoms with Crippen LogP contribution in [0.15, 0.2) is 0 Å². The molecule has 0 aromatic rings. The molecular formula is C20H41NO. The second-order valence-corrected chi connectivity index (χ2v) is 7.03. The highest BCUT2D eigenvalue weighted by Crippen LogP contribution is 2.35. The second-order valence-electron chi connectivity index (χ2n) is 7.03. The summed E-state index contributed by atoms with van der Waals surface area (Å²) in [4.78, 5) is 12.0. The molecule has 0 saturated heterocycles. The molecule has 0 saturated carbocycles. The molecule has 0 aliphatic rings. The molecule has 132 valence electrons. The van der Waals surface area contributed by atoms with Gasteiger partial charge in [-0.25, -0.2) is 0 Å². The van der Waals surface area contributed by atoms with E-state index in [0.717, 1.165) is 25.7 Å². The van der Waals surface area contributed by atoms with Gasteiger partial charge in [-0.2, -0.15) is 0 Å². The van der Waals surface area contributed by atoms with Crippen LogP contribution in [-0.4, -0.2) is 5.91 Å². The lowest BCUT2D eigenvalue weighted by atomic mass is 9.75. The van der Waals surface area contributed by atoms with Crippen LogP contribution in [0.1, 0.15) is 117 Å². The maximum Gasteiger partial charge on any atom is 0.223 e. The SMILES string of the molecule is CCCCCCCCCCC(CC)(CCCCCC)C(N)=O. The maximum absolute atomic E-state index is 12.0. The Hall–Kier alpha value is -0.530. The van der Waals surface area contributed by atoms with Crippen molar-refractivity contribution in [1.82, 2.24) is 0 Å². The Morgan fingerprint density at radius 3 is 1.41 bits per heavy atom. The standard InChI is InChI=1S/C20H41NO/c1-4-7-9-11-12-13-14-16-18-20(6-3,19(21)22)17-15-10-8-5-2/h4-18H2,1-3H3,(H2,21,22). The van der Waals surface area contributed by atoms with Crippen LogP contribution in [0.2, 0.25) is 0 Å². The lowest BCUT2D eigenvalue weighted by Gasteiger charge is -2.29. The lowest BCUT2D eigenvalue weighted by Crippen LogP contribution is -2.36. The van der Waals surface area contributed by atoms with Gasteiger partial charge < -0.3 is 5.73 Å². The van der Waals surface area contributed by atoms with Crippen LogP contribution >= 0.6 is 0 Å². The minimum atomic E-state index is -0.226. The van der Waals surface area contributed by atoms with Crippen molar-refractivity contribution in [3.63, 3.8) is 0 Å². The quantitative estimate of drug-likeness (QED) is 0.331. The van der Waals surface area contributed by atoms with Gasteiger partial charge in [0.2, 0.25) is 5.91 Å². The van der Waals surface area contributed by atoms with E-state index < -0.39 is 0 Å². The summed E-state index contributed by atoms with van der Waals surface area (Å²) in [6.07, 6.45) is 18.4. The minimum Gasteiger partial charge on any atom is -0.369 e. The Bertz CT molecular complexity index is 264. The number of hydrogen-bond acceptors (Lipinski definition) is 1. The zero-order chi connectivity index (χ0) is 16.7. The number of unbranched alkanes of at least 4 members (excludes halogenated alkanes) is 10. The smallest absolute Gasteiger partial charge is 0.223 e. The van der Waals surface area contributed by atoms with Crippen molar-refractivity contribution in [3.05, 3.63) is 0 Å². The molecule has 1 atom stereocenters. The zero-order valence-corrected chi connectivity index (χ0v) is 15.6. The molecule has 0 bridgehead atoms. The third kappa shape index (κ3) is 9.48. The van der Waals surface area contributed by atoms with E-state index in [4.69, 9.17) is 5.73 Å². The van der Waals surface area contributed by atoms with Crippen molar-refractivity contribution in [2.45, 2.75) is 117 Å². The summed E-state index contributed by atoms with van der Waals surface area (Å²) in [5.74, 6) is -0.0607. The minimum absolute atomic E-state index is 0.0607. The van der Waals surface area contributed by atoms with Gasteiger partial charge in [-0.15, -0.1) is 0 Å². The molecular weight excluding hydrogens is 270 g/mol. The molecule has 0 aromatic heterocycles. The average Bonchev–Trinajstić information content (AvgIpc) is 2.52. The van der Waals surface area contributed by atoms with Gasteiger partial charge in [-0.3, -0.25) is 4.79 Å². The number of nitrogens with two attached hydrogens (primary N) is 1. The first-order valence-corrected chi connectivity index (χ1v) is 9.92. The van der Waals surface area contributed by atoms with Crippen LogP contribution < -0.4 is 5.73 Å². The topological polar surface area (TPSA) is 43.1 Å². The molecule has 0 heterocycles. The molecule has 22 heavy (non-hydrogen) atoms. The van der Waals surface area contributed by atoms with Crippen LogP contribution in [0.4, 0.5) is 0 Å². The summed E-state index contributed by atoms with van der Waals surface area (Å²) in [5.41, 5.74) is 5.53. The first-order chi connectivity index (χ1) is 10.6. The Morgan fingerprint density at radius 2 is 1.05 bits per heavy atom. The third-order valence-electron chi connectivity index (χ3n) is 5.22. The number of carbonyl (C=O) groups is 1. The Morgan fingerprint density at radius 1 is 0.682 bits per heavy atom. The summed E-state index contributed by atoms with van der Waals surface area (Å²) < 4.78 is 0. The Balaban J connectivity index is 3.96. The number of primary amides is 1. The molecule has 0 radical (unpaired) electrons. The molecule has 2 heteroatoms. The number of hydrogen-bond donors (Lipinski definition) is 1. The molecule has 0 rings (SSSR count). The molecule has 0 aliphatic carbocycles. The van der Waals surface area contributed by atoms with Crippen LogP contribution in [0, 0.1) is 5.41 Å². The van der Waals surface area contributed by atoms with Gasteiger partial charge in [0.25, 0.3) is 0 Å².